The Morgan fingerprint density at radius 1 is 0.534 bits per heavy atom. The first-order valence-corrected chi connectivity index (χ1v) is 19.6. The zero-order chi connectivity index (χ0) is 39.8. The van der Waals surface area contributed by atoms with Crippen molar-refractivity contribution < 1.29 is 19.1 Å². The van der Waals surface area contributed by atoms with E-state index in [1.54, 1.807) is 20.4 Å². The van der Waals surface area contributed by atoms with Crippen LogP contribution in [-0.2, 0) is 30.7 Å². The minimum atomic E-state index is -0.124. The number of carbonyl (C=O) groups excluding carboxylic acids is 2. The van der Waals surface area contributed by atoms with Gasteiger partial charge in [0.15, 0.2) is 11.5 Å². The van der Waals surface area contributed by atoms with E-state index >= 15 is 0 Å². The Morgan fingerprint density at radius 3 is 1.79 bits per heavy atom. The summed E-state index contributed by atoms with van der Waals surface area (Å²) in [5, 5.41) is 5.52. The molecule has 8 rings (SSSR count). The van der Waals surface area contributed by atoms with Crippen LogP contribution >= 0.6 is 0 Å². The number of hydrogen-bond donors (Lipinski definition) is 0. The molecule has 7 heteroatoms. The molecule has 1 heterocycles. The first-order chi connectivity index (χ1) is 28.4. The molecular formula is C51H45N3O4. The molecule has 0 bridgehead atoms. The van der Waals surface area contributed by atoms with Crippen LogP contribution in [-0.4, -0.2) is 42.5 Å². The van der Waals surface area contributed by atoms with Gasteiger partial charge in [0.05, 0.1) is 31.8 Å². The van der Waals surface area contributed by atoms with Crippen molar-refractivity contribution in [1.82, 2.24) is 9.88 Å². The summed E-state index contributed by atoms with van der Waals surface area (Å²) >= 11 is 0. The monoisotopic (exact) mass is 763 g/mol. The van der Waals surface area contributed by atoms with Crippen molar-refractivity contribution in [3.05, 3.63) is 192 Å². The van der Waals surface area contributed by atoms with Gasteiger partial charge < -0.3 is 19.3 Å². The van der Waals surface area contributed by atoms with E-state index in [1.807, 2.05) is 94.7 Å². The van der Waals surface area contributed by atoms with E-state index in [9.17, 15) is 9.59 Å². The minimum Gasteiger partial charge on any atom is -0.493 e. The number of aromatic nitrogens is 1. The van der Waals surface area contributed by atoms with Gasteiger partial charge in [-0.05, 0) is 105 Å². The fraction of sp³-hybridized carbons (Fsp3) is 0.157. The van der Waals surface area contributed by atoms with E-state index in [0.29, 0.717) is 56.0 Å². The van der Waals surface area contributed by atoms with Crippen LogP contribution in [0.2, 0.25) is 0 Å². The molecule has 0 N–H and O–H groups in total. The first-order valence-electron chi connectivity index (χ1n) is 19.6. The lowest BCUT2D eigenvalue weighted by Gasteiger charge is -2.25. The zero-order valence-corrected chi connectivity index (χ0v) is 32.8. The van der Waals surface area contributed by atoms with E-state index in [0.717, 1.165) is 55.0 Å². The average molecular weight is 764 g/mol. The number of methoxy groups -OCH3 is 2. The molecule has 0 aliphatic carbocycles. The number of benzene rings is 7. The molecule has 8 aromatic rings. The molecule has 58 heavy (non-hydrogen) atoms. The number of rotatable bonds is 14. The number of fused-ring (bicyclic) bond motifs is 3. The van der Waals surface area contributed by atoms with Crippen LogP contribution in [0.1, 0.15) is 39.0 Å². The van der Waals surface area contributed by atoms with Gasteiger partial charge in [-0.15, -0.1) is 0 Å². The van der Waals surface area contributed by atoms with E-state index in [1.165, 1.54) is 5.39 Å². The summed E-state index contributed by atoms with van der Waals surface area (Å²) in [5.74, 6) is 1.26. The summed E-state index contributed by atoms with van der Waals surface area (Å²) in [7, 11) is 3.23. The number of amides is 2. The molecule has 0 saturated heterocycles. The average Bonchev–Trinajstić information content (AvgIpc) is 3.28. The molecule has 0 atom stereocenters. The highest BCUT2D eigenvalue weighted by atomic mass is 16.5. The Morgan fingerprint density at radius 2 is 1.12 bits per heavy atom. The third kappa shape index (κ3) is 8.69. The summed E-state index contributed by atoms with van der Waals surface area (Å²) in [5.41, 5.74) is 6.35. The molecule has 0 aliphatic rings. The van der Waals surface area contributed by atoms with Crippen LogP contribution in [0.4, 0.5) is 5.69 Å². The quantitative estimate of drug-likeness (QED) is 0.110. The van der Waals surface area contributed by atoms with Crippen LogP contribution in [0.25, 0.3) is 32.4 Å². The topological polar surface area (TPSA) is 72.0 Å². The largest absolute Gasteiger partial charge is 0.493 e. The zero-order valence-electron chi connectivity index (χ0n) is 32.8. The van der Waals surface area contributed by atoms with Crippen LogP contribution in [0.5, 0.6) is 11.5 Å². The Hall–Kier alpha value is -6.99. The molecule has 0 aliphatic heterocycles. The highest BCUT2D eigenvalue weighted by Crippen LogP contribution is 2.29. The van der Waals surface area contributed by atoms with Gasteiger partial charge >= 0.3 is 0 Å². The Labute approximate surface area is 339 Å². The second-order valence-electron chi connectivity index (χ2n) is 14.6. The number of para-hydroxylation sites is 1. The maximum absolute atomic E-state index is 14.3. The smallest absolute Gasteiger partial charge is 0.260 e. The number of carbonyl (C=O) groups is 2. The van der Waals surface area contributed by atoms with Crippen molar-refractivity contribution in [2.45, 2.75) is 32.4 Å². The third-order valence-electron chi connectivity index (χ3n) is 10.8. The van der Waals surface area contributed by atoms with E-state index in [2.05, 4.69) is 77.8 Å². The number of hydrogen-bond acceptors (Lipinski definition) is 5. The van der Waals surface area contributed by atoms with E-state index < -0.39 is 0 Å². The second-order valence-corrected chi connectivity index (χ2v) is 14.6. The van der Waals surface area contributed by atoms with Crippen molar-refractivity contribution >= 4 is 49.9 Å². The summed E-state index contributed by atoms with van der Waals surface area (Å²) in [6.45, 7) is 1.44. The molecule has 1 aromatic heterocycles. The van der Waals surface area contributed by atoms with Gasteiger partial charge in [-0.1, -0.05) is 109 Å². The molecule has 0 fully saturated rings. The highest BCUT2D eigenvalue weighted by molar-refractivity contribution is 6.07. The maximum Gasteiger partial charge on any atom is 0.260 e. The normalized spacial score (nSPS) is 11.1. The molecule has 0 unspecified atom stereocenters. The van der Waals surface area contributed by atoms with Gasteiger partial charge in [0.25, 0.3) is 5.91 Å². The molecule has 288 valence electrons. The summed E-state index contributed by atoms with van der Waals surface area (Å²) in [4.78, 5) is 36.7. The van der Waals surface area contributed by atoms with E-state index in [-0.39, 0.29) is 11.8 Å². The van der Waals surface area contributed by atoms with Crippen molar-refractivity contribution in [3.63, 3.8) is 0 Å². The third-order valence-corrected chi connectivity index (χ3v) is 10.8. The first kappa shape index (κ1) is 37.9. The van der Waals surface area contributed by atoms with Gasteiger partial charge in [0.2, 0.25) is 5.91 Å². The molecule has 7 nitrogen and oxygen atoms in total. The van der Waals surface area contributed by atoms with Crippen LogP contribution < -0.4 is 14.4 Å². The van der Waals surface area contributed by atoms with Gasteiger partial charge in [0, 0.05) is 36.8 Å². The number of anilines is 1. The van der Waals surface area contributed by atoms with Crippen molar-refractivity contribution in [2.24, 2.45) is 0 Å². The van der Waals surface area contributed by atoms with Gasteiger partial charge in [-0.25, -0.2) is 0 Å². The number of ether oxygens (including phenoxy) is 2. The molecule has 2 amide bonds. The highest BCUT2D eigenvalue weighted by Gasteiger charge is 2.21. The van der Waals surface area contributed by atoms with Gasteiger partial charge in [-0.3, -0.25) is 14.6 Å². The lowest BCUT2D eigenvalue weighted by Crippen LogP contribution is -2.32. The Bertz CT molecular complexity index is 2730. The van der Waals surface area contributed by atoms with Gasteiger partial charge in [0.1, 0.15) is 0 Å². The minimum absolute atomic E-state index is 0.0794. The summed E-state index contributed by atoms with van der Waals surface area (Å²) < 4.78 is 10.9. The predicted octanol–water partition coefficient (Wildman–Crippen LogP) is 10.6. The standard InChI is InChI=1S/C51H45N3O4/c1-57-48-25-19-37(31-49(48)58-2)20-26-50(55)53(34-38-15-21-40-9-3-5-11-42(40)29-38)28-27-36-17-23-46(24-18-36)54(35-39-16-22-41-10-4-6-12-43(41)30-39)51(56)45-32-44-13-7-8-14-47(44)52-33-45/h3-19,21-25,29-33H,20,26-28,34-35H2,1-2H3. The second kappa shape index (κ2) is 17.4. The number of pyridine rings is 1. The maximum atomic E-state index is 14.3. The fourth-order valence-electron chi connectivity index (χ4n) is 7.55. The fourth-order valence-corrected chi connectivity index (χ4v) is 7.55. The molecule has 0 radical (unpaired) electrons. The lowest BCUT2D eigenvalue weighted by molar-refractivity contribution is -0.131. The number of aryl methyl sites for hydroxylation is 1. The Kier molecular flexibility index (Phi) is 11.4. The van der Waals surface area contributed by atoms with Crippen molar-refractivity contribution in [1.29, 1.82) is 0 Å². The Balaban J connectivity index is 1.03. The molecule has 0 saturated carbocycles. The van der Waals surface area contributed by atoms with Crippen molar-refractivity contribution in [3.8, 4) is 11.5 Å². The lowest BCUT2D eigenvalue weighted by atomic mass is 10.0. The molecular weight excluding hydrogens is 719 g/mol. The SMILES string of the molecule is COc1ccc(CCC(=O)N(CCc2ccc(N(Cc3ccc4ccccc4c3)C(=O)c3cnc4ccccc4c3)cc2)Cc2ccc3ccccc3c2)cc1OC. The van der Waals surface area contributed by atoms with Crippen LogP contribution in [0.3, 0.4) is 0 Å². The van der Waals surface area contributed by atoms with Crippen molar-refractivity contribution in [2.75, 3.05) is 25.7 Å². The van der Waals surface area contributed by atoms with E-state index in [4.69, 9.17) is 9.47 Å². The summed E-state index contributed by atoms with van der Waals surface area (Å²) in [6, 6.07) is 53.0. The van der Waals surface area contributed by atoms with Gasteiger partial charge in [-0.2, -0.15) is 0 Å². The molecule has 7 aromatic carbocycles. The van der Waals surface area contributed by atoms with Crippen LogP contribution in [0, 0.1) is 0 Å². The van der Waals surface area contributed by atoms with Crippen LogP contribution in [0.15, 0.2) is 164 Å². The molecule has 0 spiro atoms. The number of nitrogens with zero attached hydrogens (tertiary/aromatic N) is 3. The predicted molar refractivity (Wildman–Crippen MR) is 234 cm³/mol. The summed E-state index contributed by atoms with van der Waals surface area (Å²) in [6.07, 6.45) is 3.26.